The lowest BCUT2D eigenvalue weighted by molar-refractivity contribution is -0.115. The summed E-state index contributed by atoms with van der Waals surface area (Å²) >= 11 is 0. The largest absolute Gasteiger partial charge is 0.497 e. The maximum absolute atomic E-state index is 13.2. The fourth-order valence-corrected chi connectivity index (χ4v) is 5.35. The average Bonchev–Trinajstić information content (AvgIpc) is 3.09. The number of aryl methyl sites for hydroxylation is 1. The van der Waals surface area contributed by atoms with Gasteiger partial charge in [-0.3, -0.25) is 9.59 Å². The van der Waals surface area contributed by atoms with Gasteiger partial charge in [-0.25, -0.2) is 8.42 Å². The van der Waals surface area contributed by atoms with Crippen LogP contribution in [0.4, 0.5) is 5.69 Å². The second kappa shape index (κ2) is 10.6. The van der Waals surface area contributed by atoms with Crippen molar-refractivity contribution < 1.29 is 22.7 Å². The van der Waals surface area contributed by atoms with Crippen LogP contribution >= 0.6 is 0 Å². The molecule has 0 aromatic heterocycles. The minimum Gasteiger partial charge on any atom is -0.497 e. The lowest BCUT2D eigenvalue weighted by atomic mass is 10.2. The van der Waals surface area contributed by atoms with Gasteiger partial charge in [0.2, 0.25) is 15.9 Å². The summed E-state index contributed by atoms with van der Waals surface area (Å²) in [6.45, 7) is 2.52. The molecule has 2 amide bonds. The monoisotopic (exact) mass is 459 g/mol. The van der Waals surface area contributed by atoms with Crippen LogP contribution in [0.3, 0.4) is 0 Å². The molecule has 0 spiro atoms. The minimum atomic E-state index is -3.64. The van der Waals surface area contributed by atoms with Gasteiger partial charge in [0.15, 0.2) is 0 Å². The molecule has 0 unspecified atom stereocenters. The number of rotatable bonds is 7. The molecule has 8 nitrogen and oxygen atoms in total. The summed E-state index contributed by atoms with van der Waals surface area (Å²) in [5.74, 6) is -0.213. The fourth-order valence-electron chi connectivity index (χ4n) is 3.59. The Balaban J connectivity index is 1.64. The fraction of sp³-hybridized carbons (Fsp3) is 0.391. The van der Waals surface area contributed by atoms with Crippen molar-refractivity contribution in [3.8, 4) is 5.75 Å². The zero-order valence-electron chi connectivity index (χ0n) is 18.4. The van der Waals surface area contributed by atoms with Crippen LogP contribution in [-0.4, -0.2) is 51.3 Å². The molecule has 3 rings (SSSR count). The van der Waals surface area contributed by atoms with Crippen LogP contribution in [0, 0.1) is 6.92 Å². The van der Waals surface area contributed by atoms with E-state index in [1.54, 1.807) is 43.3 Å². The molecule has 32 heavy (non-hydrogen) atoms. The summed E-state index contributed by atoms with van der Waals surface area (Å²) in [4.78, 5) is 24.7. The van der Waals surface area contributed by atoms with Crippen molar-refractivity contribution in [2.45, 2.75) is 37.5 Å². The number of amides is 2. The molecule has 0 aliphatic carbocycles. The molecule has 2 aromatic carbocycles. The van der Waals surface area contributed by atoms with Gasteiger partial charge in [0.1, 0.15) is 5.75 Å². The molecule has 1 saturated heterocycles. The molecule has 2 N–H and O–H groups in total. The Morgan fingerprint density at radius 3 is 2.28 bits per heavy atom. The first-order chi connectivity index (χ1) is 15.3. The zero-order chi connectivity index (χ0) is 23.1. The van der Waals surface area contributed by atoms with Gasteiger partial charge in [0.25, 0.3) is 5.91 Å². The van der Waals surface area contributed by atoms with E-state index >= 15 is 0 Å². The highest BCUT2D eigenvalue weighted by Gasteiger charge is 2.27. The Bertz CT molecular complexity index is 1060. The number of methoxy groups -OCH3 is 1. The molecule has 9 heteroatoms. The summed E-state index contributed by atoms with van der Waals surface area (Å²) in [5.41, 5.74) is 1.40. The van der Waals surface area contributed by atoms with Gasteiger partial charge in [-0.2, -0.15) is 4.31 Å². The summed E-state index contributed by atoms with van der Waals surface area (Å²) in [6.07, 6.45) is 3.76. The van der Waals surface area contributed by atoms with Gasteiger partial charge in [-0.15, -0.1) is 0 Å². The van der Waals surface area contributed by atoms with Crippen molar-refractivity contribution in [1.29, 1.82) is 0 Å². The van der Waals surface area contributed by atoms with Crippen LogP contribution in [0.25, 0.3) is 0 Å². The van der Waals surface area contributed by atoms with Crippen LogP contribution < -0.4 is 15.4 Å². The Morgan fingerprint density at radius 1 is 1.00 bits per heavy atom. The maximum Gasteiger partial charge on any atom is 0.251 e. The average molecular weight is 460 g/mol. The van der Waals surface area contributed by atoms with Crippen molar-refractivity contribution >= 4 is 27.5 Å². The topological polar surface area (TPSA) is 105 Å². The van der Waals surface area contributed by atoms with Crippen molar-refractivity contribution in [3.63, 3.8) is 0 Å². The zero-order valence-corrected chi connectivity index (χ0v) is 19.2. The van der Waals surface area contributed by atoms with Crippen LogP contribution in [0.1, 0.15) is 41.6 Å². The number of hydrogen-bond donors (Lipinski definition) is 2. The Labute approximate surface area is 189 Å². The molecule has 1 heterocycles. The highest BCUT2D eigenvalue weighted by molar-refractivity contribution is 7.89. The number of carbonyl (C=O) groups is 2. The van der Waals surface area contributed by atoms with E-state index in [1.165, 1.54) is 17.5 Å². The second-order valence-electron chi connectivity index (χ2n) is 7.76. The van der Waals surface area contributed by atoms with Crippen LogP contribution in [-0.2, 0) is 14.8 Å². The summed E-state index contributed by atoms with van der Waals surface area (Å²) in [7, 11) is -2.10. The number of benzene rings is 2. The minimum absolute atomic E-state index is 0.194. The molecule has 0 bridgehead atoms. The van der Waals surface area contributed by atoms with Crippen molar-refractivity contribution in [2.75, 3.05) is 32.1 Å². The van der Waals surface area contributed by atoms with Crippen LogP contribution in [0.5, 0.6) is 5.75 Å². The number of hydrogen-bond acceptors (Lipinski definition) is 5. The SMILES string of the molecule is COc1ccc(C(=O)NCC(=O)Nc2ccc(C)c(S(=O)(=O)N3CCCCCC3)c2)cc1. The maximum atomic E-state index is 13.2. The number of ether oxygens (including phenoxy) is 1. The third-order valence-corrected chi connectivity index (χ3v) is 7.46. The number of sulfonamides is 1. The molecule has 2 aromatic rings. The lowest BCUT2D eigenvalue weighted by Crippen LogP contribution is -2.33. The molecular weight excluding hydrogens is 430 g/mol. The number of anilines is 1. The molecule has 0 saturated carbocycles. The van der Waals surface area contributed by atoms with E-state index in [0.29, 0.717) is 35.7 Å². The summed E-state index contributed by atoms with van der Waals surface area (Å²) < 4.78 is 32.9. The molecular formula is C23H29N3O5S. The lowest BCUT2D eigenvalue weighted by Gasteiger charge is -2.21. The third-order valence-electron chi connectivity index (χ3n) is 5.42. The first-order valence-corrected chi connectivity index (χ1v) is 12.1. The third kappa shape index (κ3) is 5.86. The first-order valence-electron chi connectivity index (χ1n) is 10.6. The Kier molecular flexibility index (Phi) is 7.87. The van der Waals surface area contributed by atoms with E-state index in [-0.39, 0.29) is 11.4 Å². The van der Waals surface area contributed by atoms with Gasteiger partial charge < -0.3 is 15.4 Å². The number of carbonyl (C=O) groups excluding carboxylic acids is 2. The highest BCUT2D eigenvalue weighted by Crippen LogP contribution is 2.25. The Morgan fingerprint density at radius 2 is 1.66 bits per heavy atom. The van der Waals surface area contributed by atoms with Crippen molar-refractivity contribution in [1.82, 2.24) is 9.62 Å². The predicted molar refractivity (Wildman–Crippen MR) is 122 cm³/mol. The van der Waals surface area contributed by atoms with Gasteiger partial charge in [-0.05, 0) is 61.7 Å². The van der Waals surface area contributed by atoms with E-state index in [0.717, 1.165) is 25.7 Å². The van der Waals surface area contributed by atoms with Gasteiger partial charge >= 0.3 is 0 Å². The molecule has 0 atom stereocenters. The van der Waals surface area contributed by atoms with Gasteiger partial charge in [0, 0.05) is 24.3 Å². The summed E-state index contributed by atoms with van der Waals surface area (Å²) in [5, 5.41) is 5.22. The van der Waals surface area contributed by atoms with E-state index in [4.69, 9.17) is 4.74 Å². The molecule has 1 fully saturated rings. The Hall–Kier alpha value is -2.91. The standard InChI is InChI=1S/C23H29N3O5S/c1-17-7-10-19(15-21(17)32(29,30)26-13-5-3-4-6-14-26)25-22(27)16-24-23(28)18-8-11-20(31-2)12-9-18/h7-12,15H,3-6,13-14,16H2,1-2H3,(H,24,28)(H,25,27). The van der Waals surface area contributed by atoms with Crippen LogP contribution in [0.15, 0.2) is 47.4 Å². The van der Waals surface area contributed by atoms with E-state index in [9.17, 15) is 18.0 Å². The van der Waals surface area contributed by atoms with E-state index < -0.39 is 21.8 Å². The van der Waals surface area contributed by atoms with E-state index in [1.807, 2.05) is 0 Å². The van der Waals surface area contributed by atoms with Gasteiger partial charge in [-0.1, -0.05) is 18.9 Å². The normalized spacial score (nSPS) is 14.9. The molecule has 172 valence electrons. The molecule has 1 aliphatic rings. The van der Waals surface area contributed by atoms with Gasteiger partial charge in [0.05, 0.1) is 18.6 Å². The first kappa shape index (κ1) is 23.7. The quantitative estimate of drug-likeness (QED) is 0.662. The van der Waals surface area contributed by atoms with Crippen molar-refractivity contribution in [3.05, 3.63) is 53.6 Å². The highest BCUT2D eigenvalue weighted by atomic mass is 32.2. The molecule has 0 radical (unpaired) electrons. The number of nitrogens with zero attached hydrogens (tertiary/aromatic N) is 1. The number of nitrogens with one attached hydrogen (secondary N) is 2. The van der Waals surface area contributed by atoms with Crippen molar-refractivity contribution in [2.24, 2.45) is 0 Å². The summed E-state index contributed by atoms with van der Waals surface area (Å²) in [6, 6.07) is 11.3. The van der Waals surface area contributed by atoms with Crippen LogP contribution in [0.2, 0.25) is 0 Å². The second-order valence-corrected chi connectivity index (χ2v) is 9.66. The van der Waals surface area contributed by atoms with E-state index in [2.05, 4.69) is 10.6 Å². The molecule has 1 aliphatic heterocycles. The smallest absolute Gasteiger partial charge is 0.251 e. The predicted octanol–water partition coefficient (Wildman–Crippen LogP) is 2.94.